The van der Waals surface area contributed by atoms with Gasteiger partial charge in [-0.2, -0.15) is 0 Å². The molecule has 3 nitrogen and oxygen atoms in total. The summed E-state index contributed by atoms with van der Waals surface area (Å²) in [6, 6.07) is 1.75. The van der Waals surface area contributed by atoms with Crippen LogP contribution in [-0.2, 0) is 0 Å². The standard InChI is InChI=1S/C15H22F3N3/c1-20-4-3-10(8-20)9-21(2)14(7-19)11-5-12(16)15(18)13(17)6-11/h5-6,10,14H,3-4,7-9,19H2,1-2H3. The highest BCUT2D eigenvalue weighted by atomic mass is 19.2. The van der Waals surface area contributed by atoms with Crippen molar-refractivity contribution < 1.29 is 13.2 Å². The van der Waals surface area contributed by atoms with Crippen LogP contribution in [0.5, 0.6) is 0 Å². The van der Waals surface area contributed by atoms with Crippen molar-refractivity contribution in [3.8, 4) is 0 Å². The number of likely N-dealkylation sites (tertiary alicyclic amines) is 1. The van der Waals surface area contributed by atoms with E-state index in [-0.39, 0.29) is 12.6 Å². The maximum atomic E-state index is 13.4. The first kappa shape index (κ1) is 16.3. The van der Waals surface area contributed by atoms with Gasteiger partial charge in [0.2, 0.25) is 0 Å². The van der Waals surface area contributed by atoms with Gasteiger partial charge in [0.1, 0.15) is 0 Å². The summed E-state index contributed by atoms with van der Waals surface area (Å²) in [7, 11) is 3.96. The summed E-state index contributed by atoms with van der Waals surface area (Å²) < 4.78 is 39.8. The van der Waals surface area contributed by atoms with E-state index in [1.165, 1.54) is 0 Å². The number of nitrogens with two attached hydrogens (primary N) is 1. The second-order valence-electron chi connectivity index (χ2n) is 5.91. The normalized spacial score (nSPS) is 21.2. The Labute approximate surface area is 123 Å². The zero-order valence-electron chi connectivity index (χ0n) is 12.5. The van der Waals surface area contributed by atoms with Crippen molar-refractivity contribution >= 4 is 0 Å². The van der Waals surface area contributed by atoms with Gasteiger partial charge in [-0.1, -0.05) is 0 Å². The van der Waals surface area contributed by atoms with Crippen molar-refractivity contribution in [3.05, 3.63) is 35.1 Å². The molecule has 0 aliphatic carbocycles. The Morgan fingerprint density at radius 2 is 1.95 bits per heavy atom. The monoisotopic (exact) mass is 301 g/mol. The molecule has 0 amide bonds. The molecule has 1 saturated heterocycles. The Balaban J connectivity index is 2.11. The zero-order valence-corrected chi connectivity index (χ0v) is 12.5. The summed E-state index contributed by atoms with van der Waals surface area (Å²) in [5.41, 5.74) is 6.13. The lowest BCUT2D eigenvalue weighted by atomic mass is 10.0. The number of halogens is 3. The second-order valence-corrected chi connectivity index (χ2v) is 5.91. The van der Waals surface area contributed by atoms with Gasteiger partial charge in [-0.05, 0) is 50.7 Å². The predicted octanol–water partition coefficient (Wildman–Crippen LogP) is 1.99. The van der Waals surface area contributed by atoms with Crippen LogP contribution < -0.4 is 5.73 Å². The van der Waals surface area contributed by atoms with E-state index in [9.17, 15) is 13.2 Å². The first-order chi connectivity index (χ1) is 9.92. The molecule has 1 aromatic carbocycles. The Hall–Kier alpha value is -1.11. The summed E-state index contributed by atoms with van der Waals surface area (Å²) in [6.45, 7) is 3.09. The third-order valence-corrected chi connectivity index (χ3v) is 4.18. The molecule has 1 fully saturated rings. The van der Waals surface area contributed by atoms with Crippen LogP contribution in [0.15, 0.2) is 12.1 Å². The highest BCUT2D eigenvalue weighted by Crippen LogP contribution is 2.25. The molecule has 2 rings (SSSR count). The topological polar surface area (TPSA) is 32.5 Å². The van der Waals surface area contributed by atoms with E-state index in [1.807, 2.05) is 11.9 Å². The van der Waals surface area contributed by atoms with Gasteiger partial charge in [0, 0.05) is 25.7 Å². The number of likely N-dealkylation sites (N-methyl/N-ethyl adjacent to an activating group) is 1. The van der Waals surface area contributed by atoms with Crippen LogP contribution in [-0.4, -0.2) is 50.1 Å². The molecule has 0 aromatic heterocycles. The van der Waals surface area contributed by atoms with Gasteiger partial charge < -0.3 is 10.6 Å². The maximum absolute atomic E-state index is 13.4. The fourth-order valence-corrected chi connectivity index (χ4v) is 3.05. The molecule has 0 bridgehead atoms. The van der Waals surface area contributed by atoms with Crippen LogP contribution in [0.2, 0.25) is 0 Å². The van der Waals surface area contributed by atoms with Crippen molar-refractivity contribution in [2.45, 2.75) is 12.5 Å². The lowest BCUT2D eigenvalue weighted by Gasteiger charge is -2.29. The molecule has 2 atom stereocenters. The molecule has 0 radical (unpaired) electrons. The van der Waals surface area contributed by atoms with Gasteiger partial charge in [0.05, 0.1) is 0 Å². The first-order valence-corrected chi connectivity index (χ1v) is 7.15. The van der Waals surface area contributed by atoms with E-state index in [1.54, 1.807) is 0 Å². The number of hydrogen-bond acceptors (Lipinski definition) is 3. The molecule has 0 saturated carbocycles. The minimum absolute atomic E-state index is 0.226. The Kier molecular flexibility index (Phi) is 5.24. The predicted molar refractivity (Wildman–Crippen MR) is 76.3 cm³/mol. The Morgan fingerprint density at radius 3 is 2.43 bits per heavy atom. The van der Waals surface area contributed by atoms with E-state index < -0.39 is 17.5 Å². The Morgan fingerprint density at radius 1 is 1.33 bits per heavy atom. The van der Waals surface area contributed by atoms with E-state index in [4.69, 9.17) is 5.73 Å². The van der Waals surface area contributed by atoms with Crippen LogP contribution in [0.3, 0.4) is 0 Å². The second kappa shape index (κ2) is 6.77. The van der Waals surface area contributed by atoms with E-state index in [0.717, 1.165) is 38.2 Å². The molecule has 1 heterocycles. The molecule has 0 spiro atoms. The summed E-state index contributed by atoms with van der Waals surface area (Å²) in [5, 5.41) is 0. The zero-order chi connectivity index (χ0) is 15.6. The molecule has 2 N–H and O–H groups in total. The van der Waals surface area contributed by atoms with Gasteiger partial charge in [0.15, 0.2) is 17.5 Å². The number of hydrogen-bond donors (Lipinski definition) is 1. The SMILES string of the molecule is CN1CCC(CN(C)C(CN)c2cc(F)c(F)c(F)c2)C1. The maximum Gasteiger partial charge on any atom is 0.194 e. The Bertz CT molecular complexity index is 472. The molecule has 1 aliphatic heterocycles. The first-order valence-electron chi connectivity index (χ1n) is 7.15. The lowest BCUT2D eigenvalue weighted by molar-refractivity contribution is 0.210. The number of rotatable bonds is 5. The summed E-state index contributed by atoms with van der Waals surface area (Å²) in [4.78, 5) is 4.25. The van der Waals surface area contributed by atoms with Crippen LogP contribution >= 0.6 is 0 Å². The summed E-state index contributed by atoms with van der Waals surface area (Å²) in [6.07, 6.45) is 1.10. The molecule has 21 heavy (non-hydrogen) atoms. The van der Waals surface area contributed by atoms with E-state index in [0.29, 0.717) is 11.5 Å². The average Bonchev–Trinajstić information content (AvgIpc) is 2.82. The fourth-order valence-electron chi connectivity index (χ4n) is 3.05. The average molecular weight is 301 g/mol. The van der Waals surface area contributed by atoms with Crippen molar-refractivity contribution in [1.82, 2.24) is 9.80 Å². The van der Waals surface area contributed by atoms with Crippen LogP contribution in [0, 0.1) is 23.4 Å². The van der Waals surface area contributed by atoms with Gasteiger partial charge in [-0.15, -0.1) is 0 Å². The highest BCUT2D eigenvalue weighted by molar-refractivity contribution is 5.23. The van der Waals surface area contributed by atoms with Gasteiger partial charge in [-0.3, -0.25) is 4.90 Å². The smallest absolute Gasteiger partial charge is 0.194 e. The fraction of sp³-hybridized carbons (Fsp3) is 0.600. The largest absolute Gasteiger partial charge is 0.329 e. The van der Waals surface area contributed by atoms with Crippen LogP contribution in [0.25, 0.3) is 0 Å². The van der Waals surface area contributed by atoms with Crippen molar-refractivity contribution in [1.29, 1.82) is 0 Å². The third-order valence-electron chi connectivity index (χ3n) is 4.18. The minimum atomic E-state index is -1.44. The van der Waals surface area contributed by atoms with E-state index >= 15 is 0 Å². The molecule has 1 aliphatic rings. The third kappa shape index (κ3) is 3.75. The molecule has 2 unspecified atom stereocenters. The molecular formula is C15H22F3N3. The summed E-state index contributed by atoms with van der Waals surface area (Å²) in [5.74, 6) is -3.26. The summed E-state index contributed by atoms with van der Waals surface area (Å²) >= 11 is 0. The number of benzene rings is 1. The van der Waals surface area contributed by atoms with Crippen molar-refractivity contribution in [2.24, 2.45) is 11.7 Å². The molecular weight excluding hydrogens is 279 g/mol. The molecule has 118 valence electrons. The lowest BCUT2D eigenvalue weighted by Crippen LogP contribution is -2.35. The number of nitrogens with zero attached hydrogens (tertiary/aromatic N) is 2. The van der Waals surface area contributed by atoms with Gasteiger partial charge >= 0.3 is 0 Å². The van der Waals surface area contributed by atoms with Crippen molar-refractivity contribution in [3.63, 3.8) is 0 Å². The van der Waals surface area contributed by atoms with E-state index in [2.05, 4.69) is 11.9 Å². The van der Waals surface area contributed by atoms with Gasteiger partial charge in [-0.25, -0.2) is 13.2 Å². The van der Waals surface area contributed by atoms with Crippen LogP contribution in [0.4, 0.5) is 13.2 Å². The van der Waals surface area contributed by atoms with Gasteiger partial charge in [0.25, 0.3) is 0 Å². The minimum Gasteiger partial charge on any atom is -0.329 e. The van der Waals surface area contributed by atoms with Crippen molar-refractivity contribution in [2.75, 3.05) is 40.3 Å². The molecule has 6 heteroatoms. The van der Waals surface area contributed by atoms with Crippen LogP contribution in [0.1, 0.15) is 18.0 Å². The highest BCUT2D eigenvalue weighted by Gasteiger charge is 2.25. The quantitative estimate of drug-likeness (QED) is 0.844. The molecule has 1 aromatic rings.